The van der Waals surface area contributed by atoms with Crippen molar-refractivity contribution in [3.8, 4) is 11.3 Å². The van der Waals surface area contributed by atoms with Crippen LogP contribution in [0.4, 0.5) is 11.8 Å². The standard InChI is InChI=1S/C18H18N6O2/c25-17(21-15-6-10-26-23-15)14-12-20-18(24-8-2-1-3-9-24)22-16(14)13-5-4-7-19-11-13/h4-7,10-12H,1-3,8-9H2,(H,21,23,25). The molecule has 0 aliphatic carbocycles. The summed E-state index contributed by atoms with van der Waals surface area (Å²) in [5, 5.41) is 6.40. The van der Waals surface area contributed by atoms with E-state index in [-0.39, 0.29) is 5.91 Å². The lowest BCUT2D eigenvalue weighted by molar-refractivity contribution is 0.102. The average molecular weight is 350 g/mol. The Morgan fingerprint density at radius 1 is 1.15 bits per heavy atom. The first kappa shape index (κ1) is 16.2. The van der Waals surface area contributed by atoms with E-state index in [2.05, 4.69) is 30.3 Å². The first-order valence-corrected chi connectivity index (χ1v) is 8.55. The van der Waals surface area contributed by atoms with Gasteiger partial charge >= 0.3 is 0 Å². The number of rotatable bonds is 4. The monoisotopic (exact) mass is 350 g/mol. The number of carbonyl (C=O) groups is 1. The summed E-state index contributed by atoms with van der Waals surface area (Å²) in [7, 11) is 0. The van der Waals surface area contributed by atoms with Gasteiger partial charge < -0.3 is 14.7 Å². The van der Waals surface area contributed by atoms with Gasteiger partial charge in [0.15, 0.2) is 5.82 Å². The molecule has 3 aromatic rings. The van der Waals surface area contributed by atoms with Gasteiger partial charge in [-0.3, -0.25) is 9.78 Å². The zero-order valence-corrected chi connectivity index (χ0v) is 14.1. The van der Waals surface area contributed by atoms with Crippen LogP contribution in [0.3, 0.4) is 0 Å². The van der Waals surface area contributed by atoms with Gasteiger partial charge in [0.2, 0.25) is 5.95 Å². The SMILES string of the molecule is O=C(Nc1ccon1)c1cnc(N2CCCCC2)nc1-c1cccnc1. The Kier molecular flexibility index (Phi) is 4.55. The molecule has 132 valence electrons. The van der Waals surface area contributed by atoms with E-state index < -0.39 is 0 Å². The van der Waals surface area contributed by atoms with Gasteiger partial charge in [0.25, 0.3) is 5.91 Å². The van der Waals surface area contributed by atoms with Crippen molar-refractivity contribution < 1.29 is 9.32 Å². The normalized spacial score (nSPS) is 14.2. The Labute approximate surface area is 150 Å². The van der Waals surface area contributed by atoms with Gasteiger partial charge in [-0.15, -0.1) is 0 Å². The lowest BCUT2D eigenvalue weighted by atomic mass is 10.1. The Morgan fingerprint density at radius 2 is 2.04 bits per heavy atom. The molecule has 1 aliphatic heterocycles. The maximum absolute atomic E-state index is 12.7. The van der Waals surface area contributed by atoms with Gasteiger partial charge in [-0.2, -0.15) is 0 Å². The van der Waals surface area contributed by atoms with Crippen LogP contribution in [-0.4, -0.2) is 39.1 Å². The minimum Gasteiger partial charge on any atom is -0.363 e. The molecule has 1 amide bonds. The average Bonchev–Trinajstić information content (AvgIpc) is 3.22. The van der Waals surface area contributed by atoms with Crippen molar-refractivity contribution in [1.82, 2.24) is 20.1 Å². The van der Waals surface area contributed by atoms with Gasteiger partial charge in [-0.25, -0.2) is 9.97 Å². The number of pyridine rings is 1. The summed E-state index contributed by atoms with van der Waals surface area (Å²) < 4.78 is 4.75. The summed E-state index contributed by atoms with van der Waals surface area (Å²) in [5.41, 5.74) is 1.68. The second-order valence-corrected chi connectivity index (χ2v) is 6.06. The third-order valence-electron chi connectivity index (χ3n) is 4.27. The minimum atomic E-state index is -0.344. The lowest BCUT2D eigenvalue weighted by Gasteiger charge is -2.27. The number of hydrogen-bond donors (Lipinski definition) is 1. The summed E-state index contributed by atoms with van der Waals surface area (Å²) in [6, 6.07) is 5.27. The Morgan fingerprint density at radius 3 is 2.77 bits per heavy atom. The molecular weight excluding hydrogens is 332 g/mol. The summed E-state index contributed by atoms with van der Waals surface area (Å²) in [4.78, 5) is 28.1. The summed E-state index contributed by atoms with van der Waals surface area (Å²) >= 11 is 0. The van der Waals surface area contributed by atoms with E-state index in [1.807, 2.05) is 12.1 Å². The number of amides is 1. The fraction of sp³-hybridized carbons (Fsp3) is 0.278. The zero-order chi connectivity index (χ0) is 17.8. The van der Waals surface area contributed by atoms with Crippen molar-refractivity contribution in [2.45, 2.75) is 19.3 Å². The fourth-order valence-electron chi connectivity index (χ4n) is 2.97. The van der Waals surface area contributed by atoms with Gasteiger partial charge in [0.1, 0.15) is 6.26 Å². The van der Waals surface area contributed by atoms with Crippen LogP contribution >= 0.6 is 0 Å². The first-order valence-electron chi connectivity index (χ1n) is 8.55. The second-order valence-electron chi connectivity index (χ2n) is 6.06. The Hall–Kier alpha value is -3.29. The Bertz CT molecular complexity index is 876. The molecule has 0 saturated carbocycles. The van der Waals surface area contributed by atoms with E-state index in [0.717, 1.165) is 31.5 Å². The molecule has 3 aromatic heterocycles. The molecule has 0 bridgehead atoms. The summed E-state index contributed by atoms with van der Waals surface area (Å²) in [6.45, 7) is 1.86. The number of carbonyl (C=O) groups excluding carboxylic acids is 1. The van der Waals surface area contributed by atoms with Gasteiger partial charge in [0, 0.05) is 43.3 Å². The third kappa shape index (κ3) is 3.39. The largest absolute Gasteiger partial charge is 0.363 e. The van der Waals surface area contributed by atoms with E-state index in [1.54, 1.807) is 24.7 Å². The van der Waals surface area contributed by atoms with E-state index in [1.165, 1.54) is 12.7 Å². The molecule has 4 rings (SSSR count). The van der Waals surface area contributed by atoms with Crippen LogP contribution in [-0.2, 0) is 0 Å². The first-order chi connectivity index (χ1) is 12.8. The minimum absolute atomic E-state index is 0.340. The van der Waals surface area contributed by atoms with Crippen LogP contribution in [0.2, 0.25) is 0 Å². The van der Waals surface area contributed by atoms with Crippen molar-refractivity contribution in [2.75, 3.05) is 23.3 Å². The lowest BCUT2D eigenvalue weighted by Crippen LogP contribution is -2.31. The molecule has 26 heavy (non-hydrogen) atoms. The molecule has 0 unspecified atom stereocenters. The van der Waals surface area contributed by atoms with Gasteiger partial charge in [-0.1, -0.05) is 5.16 Å². The maximum Gasteiger partial charge on any atom is 0.260 e. The highest BCUT2D eigenvalue weighted by Crippen LogP contribution is 2.25. The number of nitrogens with zero attached hydrogens (tertiary/aromatic N) is 5. The summed E-state index contributed by atoms with van der Waals surface area (Å²) in [6.07, 6.45) is 9.81. The molecule has 1 aliphatic rings. The molecule has 0 aromatic carbocycles. The number of nitrogens with one attached hydrogen (secondary N) is 1. The molecule has 8 nitrogen and oxygen atoms in total. The van der Waals surface area contributed by atoms with Crippen LogP contribution in [0.25, 0.3) is 11.3 Å². The molecule has 0 atom stereocenters. The molecule has 0 radical (unpaired) electrons. The van der Waals surface area contributed by atoms with Gasteiger partial charge in [0.05, 0.1) is 11.3 Å². The van der Waals surface area contributed by atoms with E-state index in [4.69, 9.17) is 4.52 Å². The molecule has 1 N–H and O–H groups in total. The topological polar surface area (TPSA) is 97.0 Å². The van der Waals surface area contributed by atoms with Crippen LogP contribution in [0, 0.1) is 0 Å². The highest BCUT2D eigenvalue weighted by atomic mass is 16.5. The number of aromatic nitrogens is 4. The predicted molar refractivity (Wildman–Crippen MR) is 95.8 cm³/mol. The highest BCUT2D eigenvalue weighted by Gasteiger charge is 2.20. The number of anilines is 2. The number of piperidine rings is 1. The van der Waals surface area contributed by atoms with Crippen LogP contribution < -0.4 is 10.2 Å². The zero-order valence-electron chi connectivity index (χ0n) is 14.1. The van der Waals surface area contributed by atoms with Crippen molar-refractivity contribution >= 4 is 17.7 Å². The molecule has 4 heterocycles. The molecular formula is C18H18N6O2. The van der Waals surface area contributed by atoms with Crippen LogP contribution in [0.1, 0.15) is 29.6 Å². The van der Waals surface area contributed by atoms with Crippen LogP contribution in [0.15, 0.2) is 47.6 Å². The maximum atomic E-state index is 12.7. The molecule has 8 heteroatoms. The quantitative estimate of drug-likeness (QED) is 0.772. The highest BCUT2D eigenvalue weighted by molar-refractivity contribution is 6.07. The third-order valence-corrected chi connectivity index (χ3v) is 4.27. The van der Waals surface area contributed by atoms with E-state index in [9.17, 15) is 4.79 Å². The van der Waals surface area contributed by atoms with E-state index >= 15 is 0 Å². The van der Waals surface area contributed by atoms with Crippen molar-refractivity contribution in [3.05, 3.63) is 48.6 Å². The van der Waals surface area contributed by atoms with E-state index in [0.29, 0.717) is 23.0 Å². The fourth-order valence-corrected chi connectivity index (χ4v) is 2.97. The predicted octanol–water partition coefficient (Wildman–Crippen LogP) is 2.77. The van der Waals surface area contributed by atoms with Crippen molar-refractivity contribution in [1.29, 1.82) is 0 Å². The molecule has 1 fully saturated rings. The van der Waals surface area contributed by atoms with Gasteiger partial charge in [-0.05, 0) is 31.4 Å². The summed E-state index contributed by atoms with van der Waals surface area (Å²) in [5.74, 6) is 0.636. The molecule has 1 saturated heterocycles. The molecule has 0 spiro atoms. The number of hydrogen-bond acceptors (Lipinski definition) is 7. The van der Waals surface area contributed by atoms with Crippen molar-refractivity contribution in [2.24, 2.45) is 0 Å². The second kappa shape index (κ2) is 7.30. The Balaban J connectivity index is 1.71. The smallest absolute Gasteiger partial charge is 0.260 e. The van der Waals surface area contributed by atoms with Crippen molar-refractivity contribution in [3.63, 3.8) is 0 Å². The van der Waals surface area contributed by atoms with Crippen LogP contribution in [0.5, 0.6) is 0 Å².